The van der Waals surface area contributed by atoms with Crippen molar-refractivity contribution in [2.45, 2.75) is 25.8 Å². The lowest BCUT2D eigenvalue weighted by atomic mass is 9.98. The Morgan fingerprint density at radius 1 is 1.05 bits per heavy atom. The van der Waals surface area contributed by atoms with Gasteiger partial charge < -0.3 is 10.1 Å². The van der Waals surface area contributed by atoms with E-state index in [1.165, 1.54) is 17.7 Å². The van der Waals surface area contributed by atoms with Gasteiger partial charge in [-0.25, -0.2) is 4.39 Å². The number of ether oxygens (including phenoxy) is 1. The Balaban J connectivity index is 2.14. The third-order valence-electron chi connectivity index (χ3n) is 3.51. The van der Waals surface area contributed by atoms with Gasteiger partial charge in [-0.15, -0.1) is 0 Å². The summed E-state index contributed by atoms with van der Waals surface area (Å²) in [6.45, 7) is 3.11. The van der Waals surface area contributed by atoms with Crippen LogP contribution >= 0.6 is 0 Å². The van der Waals surface area contributed by atoms with Crippen LogP contribution in [-0.4, -0.2) is 13.7 Å². The highest BCUT2D eigenvalue weighted by Gasteiger charge is 2.11. The van der Waals surface area contributed by atoms with Crippen LogP contribution in [-0.2, 0) is 6.42 Å². The quantitative estimate of drug-likeness (QED) is 0.827. The first kappa shape index (κ1) is 15.5. The third kappa shape index (κ3) is 4.57. The minimum Gasteiger partial charge on any atom is -0.497 e. The van der Waals surface area contributed by atoms with Gasteiger partial charge >= 0.3 is 0 Å². The fourth-order valence-electron chi connectivity index (χ4n) is 2.32. The monoisotopic (exact) mass is 287 g/mol. The Morgan fingerprint density at radius 2 is 1.71 bits per heavy atom. The molecule has 3 heteroatoms. The average Bonchev–Trinajstić information content (AvgIpc) is 2.53. The SMILES string of the molecule is CCCNC(Cc1ccc(F)cc1)c1ccc(OC)cc1. The molecule has 1 N–H and O–H groups in total. The maximum Gasteiger partial charge on any atom is 0.123 e. The number of methoxy groups -OCH3 is 1. The molecule has 0 aliphatic carbocycles. The van der Waals surface area contributed by atoms with Crippen LogP contribution < -0.4 is 10.1 Å². The van der Waals surface area contributed by atoms with Crippen LogP contribution in [0.15, 0.2) is 48.5 Å². The van der Waals surface area contributed by atoms with Crippen molar-refractivity contribution in [2.75, 3.05) is 13.7 Å². The van der Waals surface area contributed by atoms with Gasteiger partial charge in [0.05, 0.1) is 7.11 Å². The molecular formula is C18H22FNO. The van der Waals surface area contributed by atoms with Gasteiger partial charge in [-0.05, 0) is 54.8 Å². The first-order chi connectivity index (χ1) is 10.2. The Morgan fingerprint density at radius 3 is 2.29 bits per heavy atom. The summed E-state index contributed by atoms with van der Waals surface area (Å²) in [6, 6.07) is 15.0. The molecule has 2 nitrogen and oxygen atoms in total. The van der Waals surface area contributed by atoms with Gasteiger partial charge in [0.2, 0.25) is 0 Å². The predicted octanol–water partition coefficient (Wildman–Crippen LogP) is 4.12. The van der Waals surface area contributed by atoms with E-state index >= 15 is 0 Å². The smallest absolute Gasteiger partial charge is 0.123 e. The molecule has 112 valence electrons. The highest BCUT2D eigenvalue weighted by atomic mass is 19.1. The van der Waals surface area contributed by atoms with Crippen molar-refractivity contribution < 1.29 is 9.13 Å². The van der Waals surface area contributed by atoms with E-state index in [1.54, 1.807) is 7.11 Å². The normalized spacial score (nSPS) is 12.1. The standard InChI is InChI=1S/C18H22FNO/c1-3-12-20-18(13-14-4-8-16(19)9-5-14)15-6-10-17(21-2)11-7-15/h4-11,18,20H,3,12-13H2,1-2H3. The van der Waals surface area contributed by atoms with Crippen molar-refractivity contribution in [3.8, 4) is 5.75 Å². The number of benzene rings is 2. The summed E-state index contributed by atoms with van der Waals surface area (Å²) in [5.74, 6) is 0.663. The summed E-state index contributed by atoms with van der Waals surface area (Å²) in [5.41, 5.74) is 2.34. The minimum atomic E-state index is -0.193. The lowest BCUT2D eigenvalue weighted by Crippen LogP contribution is -2.24. The summed E-state index contributed by atoms with van der Waals surface area (Å²) >= 11 is 0. The molecule has 0 heterocycles. The second-order valence-corrected chi connectivity index (χ2v) is 5.11. The van der Waals surface area contributed by atoms with E-state index in [2.05, 4.69) is 24.4 Å². The average molecular weight is 287 g/mol. The maximum atomic E-state index is 13.0. The highest BCUT2D eigenvalue weighted by Crippen LogP contribution is 2.21. The van der Waals surface area contributed by atoms with Gasteiger partial charge in [-0.1, -0.05) is 31.2 Å². The van der Waals surface area contributed by atoms with Gasteiger partial charge in [0.15, 0.2) is 0 Å². The predicted molar refractivity (Wildman–Crippen MR) is 84.1 cm³/mol. The van der Waals surface area contributed by atoms with Gasteiger partial charge in [0, 0.05) is 6.04 Å². The van der Waals surface area contributed by atoms with E-state index in [1.807, 2.05) is 24.3 Å². The van der Waals surface area contributed by atoms with Crippen molar-refractivity contribution in [1.82, 2.24) is 5.32 Å². The van der Waals surface area contributed by atoms with Crippen molar-refractivity contribution in [1.29, 1.82) is 0 Å². The van der Waals surface area contributed by atoms with Crippen molar-refractivity contribution in [3.63, 3.8) is 0 Å². The first-order valence-corrected chi connectivity index (χ1v) is 7.34. The fourth-order valence-corrected chi connectivity index (χ4v) is 2.32. The molecule has 0 saturated carbocycles. The second kappa shape index (κ2) is 7.79. The summed E-state index contributed by atoms with van der Waals surface area (Å²) in [6.07, 6.45) is 1.92. The van der Waals surface area contributed by atoms with Crippen LogP contribution in [0.2, 0.25) is 0 Å². The van der Waals surface area contributed by atoms with E-state index in [4.69, 9.17) is 4.74 Å². The van der Waals surface area contributed by atoms with Gasteiger partial charge in [0.1, 0.15) is 11.6 Å². The molecule has 0 bridgehead atoms. The molecule has 21 heavy (non-hydrogen) atoms. The van der Waals surface area contributed by atoms with Crippen LogP contribution in [0.4, 0.5) is 4.39 Å². The zero-order chi connectivity index (χ0) is 15.1. The Labute approximate surface area is 126 Å². The number of hydrogen-bond donors (Lipinski definition) is 1. The van der Waals surface area contributed by atoms with Crippen molar-refractivity contribution in [3.05, 3.63) is 65.5 Å². The summed E-state index contributed by atoms with van der Waals surface area (Å²) in [5, 5.41) is 3.55. The maximum absolute atomic E-state index is 13.0. The van der Waals surface area contributed by atoms with Gasteiger partial charge in [-0.2, -0.15) is 0 Å². The first-order valence-electron chi connectivity index (χ1n) is 7.34. The molecule has 0 spiro atoms. The largest absolute Gasteiger partial charge is 0.497 e. The fraction of sp³-hybridized carbons (Fsp3) is 0.333. The van der Waals surface area contributed by atoms with Gasteiger partial charge in [-0.3, -0.25) is 0 Å². The van der Waals surface area contributed by atoms with E-state index in [9.17, 15) is 4.39 Å². The molecule has 2 rings (SSSR count). The van der Waals surface area contributed by atoms with Crippen LogP contribution in [0, 0.1) is 5.82 Å². The Bertz CT molecular complexity index is 536. The molecule has 2 aromatic carbocycles. The number of rotatable bonds is 7. The molecule has 0 saturated heterocycles. The van der Waals surface area contributed by atoms with Crippen LogP contribution in [0.3, 0.4) is 0 Å². The summed E-state index contributed by atoms with van der Waals surface area (Å²) < 4.78 is 18.2. The molecular weight excluding hydrogens is 265 g/mol. The molecule has 0 fully saturated rings. The molecule has 0 aliphatic rings. The number of nitrogens with one attached hydrogen (secondary N) is 1. The lowest BCUT2D eigenvalue weighted by Gasteiger charge is -2.19. The second-order valence-electron chi connectivity index (χ2n) is 5.11. The summed E-state index contributed by atoms with van der Waals surface area (Å²) in [7, 11) is 1.67. The molecule has 1 atom stereocenters. The molecule has 2 aromatic rings. The van der Waals surface area contributed by atoms with Crippen molar-refractivity contribution in [2.24, 2.45) is 0 Å². The van der Waals surface area contributed by atoms with Crippen molar-refractivity contribution >= 4 is 0 Å². The summed E-state index contributed by atoms with van der Waals surface area (Å²) in [4.78, 5) is 0. The molecule has 0 aliphatic heterocycles. The molecule has 0 radical (unpaired) electrons. The zero-order valence-corrected chi connectivity index (χ0v) is 12.6. The van der Waals surface area contributed by atoms with E-state index < -0.39 is 0 Å². The Kier molecular flexibility index (Phi) is 5.76. The highest BCUT2D eigenvalue weighted by molar-refractivity contribution is 5.30. The molecule has 0 aromatic heterocycles. The van der Waals surface area contributed by atoms with Crippen LogP contribution in [0.25, 0.3) is 0 Å². The Hall–Kier alpha value is -1.87. The minimum absolute atomic E-state index is 0.193. The van der Waals surface area contributed by atoms with Crippen LogP contribution in [0.1, 0.15) is 30.5 Å². The van der Waals surface area contributed by atoms with Crippen LogP contribution in [0.5, 0.6) is 5.75 Å². The number of halogens is 1. The van der Waals surface area contributed by atoms with E-state index in [0.717, 1.165) is 30.7 Å². The topological polar surface area (TPSA) is 21.3 Å². The third-order valence-corrected chi connectivity index (χ3v) is 3.51. The van der Waals surface area contributed by atoms with E-state index in [0.29, 0.717) is 0 Å². The van der Waals surface area contributed by atoms with E-state index in [-0.39, 0.29) is 11.9 Å². The molecule has 0 amide bonds. The van der Waals surface area contributed by atoms with Gasteiger partial charge in [0.25, 0.3) is 0 Å². The lowest BCUT2D eigenvalue weighted by molar-refractivity contribution is 0.414. The molecule has 1 unspecified atom stereocenters. The number of hydrogen-bond acceptors (Lipinski definition) is 2. The zero-order valence-electron chi connectivity index (χ0n) is 12.6.